The second-order valence-electron chi connectivity index (χ2n) is 4.26. The Labute approximate surface area is 95.9 Å². The molecule has 84 valence electrons. The monoisotopic (exact) mass is 240 g/mol. The summed E-state index contributed by atoms with van der Waals surface area (Å²) >= 11 is 12.0. The Morgan fingerprint density at radius 3 is 2.36 bits per heavy atom. The molecule has 1 aliphatic carbocycles. The topological polar surface area (TPSA) is 18.5 Å². The molecular formula is C10H18Cl2O2. The van der Waals surface area contributed by atoms with Gasteiger partial charge in [0, 0.05) is 12.5 Å². The second kappa shape index (κ2) is 4.17. The average molecular weight is 241 g/mol. The lowest BCUT2D eigenvalue weighted by Gasteiger charge is -2.29. The first-order valence-corrected chi connectivity index (χ1v) is 5.72. The van der Waals surface area contributed by atoms with Crippen molar-refractivity contribution in [2.75, 3.05) is 6.61 Å². The van der Waals surface area contributed by atoms with Crippen LogP contribution >= 0.6 is 23.2 Å². The molecule has 2 unspecified atom stereocenters. The van der Waals surface area contributed by atoms with E-state index in [-0.39, 0.29) is 17.8 Å². The van der Waals surface area contributed by atoms with Crippen molar-refractivity contribution in [3.63, 3.8) is 0 Å². The van der Waals surface area contributed by atoms with E-state index in [4.69, 9.17) is 32.7 Å². The van der Waals surface area contributed by atoms with Crippen molar-refractivity contribution >= 4 is 23.2 Å². The van der Waals surface area contributed by atoms with Crippen LogP contribution in [0.1, 0.15) is 34.1 Å². The Morgan fingerprint density at radius 1 is 1.50 bits per heavy atom. The normalized spacial score (nSPS) is 27.4. The van der Waals surface area contributed by atoms with Gasteiger partial charge >= 0.3 is 0 Å². The molecule has 14 heavy (non-hydrogen) atoms. The Hall–Kier alpha value is 0.500. The van der Waals surface area contributed by atoms with Crippen molar-refractivity contribution < 1.29 is 9.47 Å². The van der Waals surface area contributed by atoms with Gasteiger partial charge in [-0.25, -0.2) is 0 Å². The highest BCUT2D eigenvalue weighted by Gasteiger charge is 2.60. The van der Waals surface area contributed by atoms with Crippen molar-refractivity contribution in [2.45, 2.75) is 50.3 Å². The third kappa shape index (κ3) is 2.99. The minimum atomic E-state index is -0.602. The summed E-state index contributed by atoms with van der Waals surface area (Å²) in [6.45, 7) is 8.48. The van der Waals surface area contributed by atoms with Gasteiger partial charge in [-0.1, -0.05) is 0 Å². The molecule has 2 atom stereocenters. The molecule has 0 radical (unpaired) electrons. The number of alkyl halides is 2. The van der Waals surface area contributed by atoms with Gasteiger partial charge in [0.05, 0.1) is 5.60 Å². The van der Waals surface area contributed by atoms with Crippen LogP contribution in [0.15, 0.2) is 0 Å². The maximum absolute atomic E-state index is 6.00. The van der Waals surface area contributed by atoms with E-state index in [9.17, 15) is 0 Å². The predicted molar refractivity (Wildman–Crippen MR) is 58.8 cm³/mol. The first kappa shape index (κ1) is 12.6. The Bertz CT molecular complexity index is 204. The number of ether oxygens (including phenoxy) is 2. The van der Waals surface area contributed by atoms with Gasteiger partial charge < -0.3 is 9.47 Å². The molecule has 1 saturated carbocycles. The summed E-state index contributed by atoms with van der Waals surface area (Å²) in [5, 5.41) is 0. The minimum absolute atomic E-state index is 0.196. The van der Waals surface area contributed by atoms with Gasteiger partial charge in [-0.3, -0.25) is 0 Å². The van der Waals surface area contributed by atoms with E-state index >= 15 is 0 Å². The Kier molecular flexibility index (Phi) is 3.74. The summed E-state index contributed by atoms with van der Waals surface area (Å²) < 4.78 is 10.5. The van der Waals surface area contributed by atoms with Crippen LogP contribution < -0.4 is 0 Å². The van der Waals surface area contributed by atoms with Gasteiger partial charge in [0.25, 0.3) is 0 Å². The molecule has 0 N–H and O–H groups in total. The van der Waals surface area contributed by atoms with Crippen LogP contribution in [-0.2, 0) is 9.47 Å². The second-order valence-corrected chi connectivity index (χ2v) is 5.80. The summed E-state index contributed by atoms with van der Waals surface area (Å²) in [7, 11) is 0. The molecule has 0 spiro atoms. The van der Waals surface area contributed by atoms with Crippen molar-refractivity contribution in [3.05, 3.63) is 0 Å². The number of hydrogen-bond acceptors (Lipinski definition) is 2. The number of hydrogen-bond donors (Lipinski definition) is 0. The van der Waals surface area contributed by atoms with Gasteiger partial charge in [0.1, 0.15) is 4.33 Å². The summed E-state index contributed by atoms with van der Waals surface area (Å²) in [4.78, 5) is 0. The zero-order valence-electron chi connectivity index (χ0n) is 9.14. The molecular weight excluding hydrogens is 223 g/mol. The van der Waals surface area contributed by atoms with Crippen LogP contribution in [0.5, 0.6) is 0 Å². The maximum Gasteiger partial charge on any atom is 0.155 e. The fraction of sp³-hybridized carbons (Fsp3) is 1.00. The van der Waals surface area contributed by atoms with E-state index in [1.54, 1.807) is 0 Å². The van der Waals surface area contributed by atoms with Gasteiger partial charge in [-0.15, -0.1) is 23.2 Å². The lowest BCUT2D eigenvalue weighted by atomic mass is 10.0. The summed E-state index contributed by atoms with van der Waals surface area (Å²) in [5.74, 6) is 0.196. The Balaban J connectivity index is 2.42. The van der Waals surface area contributed by atoms with Crippen molar-refractivity contribution in [3.8, 4) is 0 Å². The minimum Gasteiger partial charge on any atom is -0.353 e. The van der Waals surface area contributed by atoms with Crippen LogP contribution in [0.3, 0.4) is 0 Å². The van der Waals surface area contributed by atoms with E-state index in [2.05, 4.69) is 0 Å². The molecule has 0 amide bonds. The fourth-order valence-corrected chi connectivity index (χ4v) is 2.58. The Morgan fingerprint density at radius 2 is 2.00 bits per heavy atom. The smallest absolute Gasteiger partial charge is 0.155 e. The number of rotatable bonds is 5. The largest absolute Gasteiger partial charge is 0.353 e. The fourth-order valence-electron chi connectivity index (χ4n) is 1.75. The van der Waals surface area contributed by atoms with Gasteiger partial charge in [0.2, 0.25) is 0 Å². The van der Waals surface area contributed by atoms with E-state index < -0.39 is 4.33 Å². The van der Waals surface area contributed by atoms with Crippen LogP contribution in [0.25, 0.3) is 0 Å². The van der Waals surface area contributed by atoms with E-state index in [0.717, 1.165) is 6.42 Å². The van der Waals surface area contributed by atoms with E-state index in [1.165, 1.54) is 0 Å². The standard InChI is InChI=1S/C10H18Cl2O2/c1-5-13-7(2)14-9(3,4)8-6-10(8,11)12/h7-8H,5-6H2,1-4H3. The molecule has 0 saturated heterocycles. The van der Waals surface area contributed by atoms with Crippen LogP contribution in [0, 0.1) is 5.92 Å². The third-order valence-electron chi connectivity index (χ3n) is 2.54. The number of halogens is 2. The van der Waals surface area contributed by atoms with Crippen molar-refractivity contribution in [1.82, 2.24) is 0 Å². The first-order chi connectivity index (χ1) is 6.29. The van der Waals surface area contributed by atoms with Crippen LogP contribution in [-0.4, -0.2) is 22.8 Å². The molecule has 1 rings (SSSR count). The zero-order valence-corrected chi connectivity index (χ0v) is 10.7. The van der Waals surface area contributed by atoms with Crippen molar-refractivity contribution in [2.24, 2.45) is 5.92 Å². The molecule has 1 aliphatic rings. The highest BCUT2D eigenvalue weighted by atomic mass is 35.5. The van der Waals surface area contributed by atoms with E-state index in [1.807, 2.05) is 27.7 Å². The molecule has 1 fully saturated rings. The molecule has 0 bridgehead atoms. The van der Waals surface area contributed by atoms with Gasteiger partial charge in [0.15, 0.2) is 6.29 Å². The van der Waals surface area contributed by atoms with Gasteiger partial charge in [-0.2, -0.15) is 0 Å². The molecule has 0 aromatic rings. The van der Waals surface area contributed by atoms with Crippen LogP contribution in [0.4, 0.5) is 0 Å². The first-order valence-electron chi connectivity index (χ1n) is 4.97. The summed E-state index contributed by atoms with van der Waals surface area (Å²) in [6.07, 6.45) is 0.585. The lowest BCUT2D eigenvalue weighted by molar-refractivity contribution is -0.195. The predicted octanol–water partition coefficient (Wildman–Crippen LogP) is 3.36. The molecule has 4 heteroatoms. The van der Waals surface area contributed by atoms with Crippen LogP contribution in [0.2, 0.25) is 0 Å². The van der Waals surface area contributed by atoms with E-state index in [0.29, 0.717) is 6.61 Å². The lowest BCUT2D eigenvalue weighted by Crippen LogP contribution is -2.34. The van der Waals surface area contributed by atoms with Gasteiger partial charge in [-0.05, 0) is 34.1 Å². The molecule has 0 aromatic carbocycles. The summed E-state index contributed by atoms with van der Waals surface area (Å²) in [6, 6.07) is 0. The quantitative estimate of drug-likeness (QED) is 0.542. The summed E-state index contributed by atoms with van der Waals surface area (Å²) in [5.41, 5.74) is -0.321. The molecule has 0 heterocycles. The molecule has 2 nitrogen and oxygen atoms in total. The zero-order chi connectivity index (χ0) is 11.0. The SMILES string of the molecule is CCOC(C)OC(C)(C)C1CC1(Cl)Cl. The molecule has 0 aliphatic heterocycles. The maximum atomic E-state index is 6.00. The van der Waals surface area contributed by atoms with Crippen molar-refractivity contribution in [1.29, 1.82) is 0 Å². The highest BCUT2D eigenvalue weighted by Crippen LogP contribution is 2.59. The highest BCUT2D eigenvalue weighted by molar-refractivity contribution is 6.51. The third-order valence-corrected chi connectivity index (χ3v) is 3.37. The average Bonchev–Trinajstić information content (AvgIpc) is 2.59. The molecule has 0 aromatic heterocycles.